The molecule has 0 saturated heterocycles. The molecule has 0 saturated carbocycles. The SMILES string of the molecule is COc1ccc(C(=O)/C(Cc2cc(OC)c(OC(C)C)c(OC)c2)=C(/C(=O)O)c2ccc3nsnc3c2)cc1F. The Morgan fingerprint density at radius 1 is 0.875 bits per heavy atom. The number of carboxylic acids is 1. The number of hydrogen-bond acceptors (Lipinski definition) is 9. The van der Waals surface area contributed by atoms with Gasteiger partial charge in [-0.15, -0.1) is 0 Å². The number of rotatable bonds is 11. The highest BCUT2D eigenvalue weighted by atomic mass is 32.1. The van der Waals surface area contributed by atoms with Gasteiger partial charge >= 0.3 is 5.97 Å². The highest BCUT2D eigenvalue weighted by Gasteiger charge is 2.26. The Morgan fingerprint density at radius 2 is 1.50 bits per heavy atom. The average Bonchev–Trinajstić information content (AvgIpc) is 3.40. The van der Waals surface area contributed by atoms with Crippen LogP contribution < -0.4 is 18.9 Å². The smallest absolute Gasteiger partial charge is 0.336 e. The van der Waals surface area contributed by atoms with Crippen molar-refractivity contribution in [3.8, 4) is 23.0 Å². The third-order valence-corrected chi connectivity index (χ3v) is 6.56. The zero-order valence-corrected chi connectivity index (χ0v) is 23.3. The summed E-state index contributed by atoms with van der Waals surface area (Å²) in [7, 11) is 4.24. The zero-order chi connectivity index (χ0) is 29.0. The Kier molecular flexibility index (Phi) is 8.64. The van der Waals surface area contributed by atoms with Crippen molar-refractivity contribution in [1.29, 1.82) is 0 Å². The molecule has 208 valence electrons. The first-order chi connectivity index (χ1) is 19.2. The summed E-state index contributed by atoms with van der Waals surface area (Å²) < 4.78 is 44.9. The Labute approximate surface area is 234 Å². The van der Waals surface area contributed by atoms with Gasteiger partial charge in [0.25, 0.3) is 0 Å². The summed E-state index contributed by atoms with van der Waals surface area (Å²) in [6, 6.07) is 11.8. The largest absolute Gasteiger partial charge is 0.494 e. The van der Waals surface area contributed by atoms with Gasteiger partial charge in [-0.1, -0.05) is 6.07 Å². The van der Waals surface area contributed by atoms with Crippen molar-refractivity contribution in [1.82, 2.24) is 8.75 Å². The minimum Gasteiger partial charge on any atom is -0.494 e. The molecule has 4 aromatic rings. The lowest BCUT2D eigenvalue weighted by molar-refractivity contribution is -0.130. The first-order valence-corrected chi connectivity index (χ1v) is 12.9. The minimum atomic E-state index is -1.33. The van der Waals surface area contributed by atoms with E-state index in [1.54, 1.807) is 30.3 Å². The highest BCUT2D eigenvalue weighted by molar-refractivity contribution is 7.00. The average molecular weight is 567 g/mol. The second kappa shape index (κ2) is 12.1. The number of ether oxygens (including phenoxy) is 4. The third-order valence-electron chi connectivity index (χ3n) is 6.00. The van der Waals surface area contributed by atoms with Crippen LogP contribution in [0, 0.1) is 5.82 Å². The quantitative estimate of drug-likeness (QED) is 0.183. The lowest BCUT2D eigenvalue weighted by Crippen LogP contribution is -2.15. The molecule has 0 atom stereocenters. The van der Waals surface area contributed by atoms with E-state index in [0.717, 1.165) is 17.8 Å². The molecule has 4 rings (SSSR count). The van der Waals surface area contributed by atoms with E-state index < -0.39 is 17.6 Å². The van der Waals surface area contributed by atoms with Crippen LogP contribution in [0.5, 0.6) is 23.0 Å². The number of Topliss-reactive ketones (excluding diaryl/α,β-unsaturated/α-hetero) is 1. The van der Waals surface area contributed by atoms with Gasteiger partial charge in [0.15, 0.2) is 28.8 Å². The number of halogens is 1. The van der Waals surface area contributed by atoms with Gasteiger partial charge in [-0.25, -0.2) is 9.18 Å². The maximum Gasteiger partial charge on any atom is 0.336 e. The molecule has 0 aliphatic rings. The number of carbonyl (C=O) groups excluding carboxylic acids is 1. The number of methoxy groups -OCH3 is 3. The number of allylic oxidation sites excluding steroid dienone is 1. The standard InChI is InChI=1S/C29H27FN2O7S/c1-15(2)39-28-24(37-4)11-16(12-25(28)38-5)10-19(27(33)18-7-9-23(36-3)20(30)13-18)26(29(34)35)17-6-8-21-22(14-17)32-40-31-21/h6-9,11-15H,10H2,1-5H3,(H,34,35)/b26-19+. The maximum absolute atomic E-state index is 14.6. The fourth-order valence-electron chi connectivity index (χ4n) is 4.22. The summed E-state index contributed by atoms with van der Waals surface area (Å²) in [6.07, 6.45) is -0.319. The lowest BCUT2D eigenvalue weighted by atomic mass is 9.89. The number of carboxylic acid groups (broad SMARTS) is 1. The van der Waals surface area contributed by atoms with Crippen molar-refractivity contribution in [3.63, 3.8) is 0 Å². The number of benzene rings is 3. The number of fused-ring (bicyclic) bond motifs is 1. The van der Waals surface area contributed by atoms with Gasteiger partial charge in [-0.3, -0.25) is 4.79 Å². The molecule has 9 nitrogen and oxygen atoms in total. The number of carbonyl (C=O) groups is 2. The van der Waals surface area contributed by atoms with Crippen LogP contribution in [0.25, 0.3) is 16.6 Å². The molecule has 0 radical (unpaired) electrons. The molecule has 1 aromatic heterocycles. The van der Waals surface area contributed by atoms with Crippen molar-refractivity contribution in [2.75, 3.05) is 21.3 Å². The Bertz CT molecular complexity index is 1590. The minimum absolute atomic E-state index is 0.0397. The van der Waals surface area contributed by atoms with E-state index in [2.05, 4.69) is 8.75 Å². The molecule has 0 aliphatic carbocycles. The number of ketones is 1. The lowest BCUT2D eigenvalue weighted by Gasteiger charge is -2.19. The molecule has 3 aromatic carbocycles. The van der Waals surface area contributed by atoms with E-state index in [-0.39, 0.29) is 40.5 Å². The molecule has 0 aliphatic heterocycles. The fraction of sp³-hybridized carbons (Fsp3) is 0.241. The van der Waals surface area contributed by atoms with Crippen LogP contribution in [0.3, 0.4) is 0 Å². The highest BCUT2D eigenvalue weighted by Crippen LogP contribution is 2.40. The molecule has 0 bridgehead atoms. The summed E-state index contributed by atoms with van der Waals surface area (Å²) in [4.78, 5) is 26.6. The molecule has 0 spiro atoms. The fourth-order valence-corrected chi connectivity index (χ4v) is 4.74. The van der Waals surface area contributed by atoms with Crippen molar-refractivity contribution in [3.05, 3.63) is 76.6 Å². The van der Waals surface area contributed by atoms with Gasteiger partial charge in [0, 0.05) is 17.6 Å². The normalized spacial score (nSPS) is 11.8. The number of aliphatic carboxylic acids is 1. The molecule has 40 heavy (non-hydrogen) atoms. The summed E-state index contributed by atoms with van der Waals surface area (Å²) in [5, 5.41) is 10.4. The predicted molar refractivity (Wildman–Crippen MR) is 148 cm³/mol. The molecule has 1 heterocycles. The molecule has 11 heteroatoms. The van der Waals surface area contributed by atoms with Crippen molar-refractivity contribution in [2.24, 2.45) is 0 Å². The summed E-state index contributed by atoms with van der Waals surface area (Å²) in [6.45, 7) is 3.71. The van der Waals surface area contributed by atoms with Gasteiger partial charge in [0.1, 0.15) is 11.0 Å². The molecular weight excluding hydrogens is 539 g/mol. The topological polar surface area (TPSA) is 117 Å². The second-order valence-electron chi connectivity index (χ2n) is 8.98. The molecule has 1 N–H and O–H groups in total. The zero-order valence-electron chi connectivity index (χ0n) is 22.5. The summed E-state index contributed by atoms with van der Waals surface area (Å²) >= 11 is 0.991. The first-order valence-electron chi connectivity index (χ1n) is 12.2. The number of hydrogen-bond donors (Lipinski definition) is 1. The Balaban J connectivity index is 1.93. The van der Waals surface area contributed by atoms with Gasteiger partial charge in [-0.05, 0) is 67.4 Å². The van der Waals surface area contributed by atoms with Gasteiger partial charge in [-0.2, -0.15) is 8.75 Å². The maximum atomic E-state index is 14.6. The van der Waals surface area contributed by atoms with E-state index in [4.69, 9.17) is 18.9 Å². The van der Waals surface area contributed by atoms with E-state index in [1.165, 1.54) is 33.5 Å². The van der Waals surface area contributed by atoms with Gasteiger partial charge in [0.05, 0.1) is 44.7 Å². The van der Waals surface area contributed by atoms with E-state index >= 15 is 0 Å². The van der Waals surface area contributed by atoms with Crippen molar-refractivity contribution >= 4 is 40.1 Å². The van der Waals surface area contributed by atoms with Crippen LogP contribution in [-0.4, -0.2) is 53.0 Å². The molecular formula is C29H27FN2O7S. The number of nitrogens with zero attached hydrogens (tertiary/aromatic N) is 2. The van der Waals surface area contributed by atoms with Crippen LogP contribution in [0.15, 0.2) is 54.1 Å². The summed E-state index contributed by atoms with van der Waals surface area (Å²) in [5.74, 6) is -1.74. The second-order valence-corrected chi connectivity index (χ2v) is 9.51. The Morgan fingerprint density at radius 3 is 2.08 bits per heavy atom. The summed E-state index contributed by atoms with van der Waals surface area (Å²) in [5.41, 5.74) is 1.47. The van der Waals surface area contributed by atoms with Crippen LogP contribution in [0.4, 0.5) is 4.39 Å². The van der Waals surface area contributed by atoms with Crippen LogP contribution in [-0.2, 0) is 11.2 Å². The number of aromatic nitrogens is 2. The molecule has 0 amide bonds. The van der Waals surface area contributed by atoms with E-state index in [0.29, 0.717) is 33.8 Å². The van der Waals surface area contributed by atoms with Crippen molar-refractivity contribution in [2.45, 2.75) is 26.4 Å². The predicted octanol–water partition coefficient (Wildman–Crippen LogP) is 5.61. The van der Waals surface area contributed by atoms with E-state index in [1.807, 2.05) is 13.8 Å². The van der Waals surface area contributed by atoms with Crippen LogP contribution >= 0.6 is 11.7 Å². The molecule has 0 fully saturated rings. The molecule has 0 unspecified atom stereocenters. The van der Waals surface area contributed by atoms with Crippen LogP contribution in [0.1, 0.15) is 35.3 Å². The third kappa shape index (κ3) is 5.89. The van der Waals surface area contributed by atoms with Gasteiger partial charge < -0.3 is 24.1 Å². The van der Waals surface area contributed by atoms with Gasteiger partial charge in [0.2, 0.25) is 5.75 Å². The van der Waals surface area contributed by atoms with Crippen molar-refractivity contribution < 1.29 is 38.0 Å². The Hall–Kier alpha value is -4.51. The van der Waals surface area contributed by atoms with Crippen LogP contribution in [0.2, 0.25) is 0 Å². The van der Waals surface area contributed by atoms with E-state index in [9.17, 15) is 19.1 Å². The first kappa shape index (κ1) is 28.5. The monoisotopic (exact) mass is 566 g/mol.